The van der Waals surface area contributed by atoms with Gasteiger partial charge < -0.3 is 10.1 Å². The number of carbonyl (C=O) groups is 1. The summed E-state index contributed by atoms with van der Waals surface area (Å²) in [5, 5.41) is 2.87. The number of methoxy groups -OCH3 is 1. The molecule has 0 aromatic heterocycles. The number of sulfonamides is 1. The van der Waals surface area contributed by atoms with Crippen LogP contribution in [0, 0.1) is 11.7 Å². The van der Waals surface area contributed by atoms with E-state index >= 15 is 0 Å². The molecule has 0 radical (unpaired) electrons. The maximum Gasteiger partial charge on any atom is 0.243 e. The Balaban J connectivity index is 1.94. The van der Waals surface area contributed by atoms with Crippen molar-refractivity contribution in [3.8, 4) is 0 Å². The van der Waals surface area contributed by atoms with E-state index in [4.69, 9.17) is 4.74 Å². The molecule has 24 heavy (non-hydrogen) atoms. The summed E-state index contributed by atoms with van der Waals surface area (Å²) in [6.45, 7) is 2.84. The minimum Gasteiger partial charge on any atom is -0.383 e. The lowest BCUT2D eigenvalue weighted by molar-refractivity contribution is -0.127. The van der Waals surface area contributed by atoms with Gasteiger partial charge in [0.2, 0.25) is 15.9 Å². The molecule has 1 aromatic rings. The van der Waals surface area contributed by atoms with Gasteiger partial charge in [-0.2, -0.15) is 4.31 Å². The summed E-state index contributed by atoms with van der Waals surface area (Å²) in [6.07, 6.45) is 0.928. The molecule has 1 atom stereocenters. The first-order valence-electron chi connectivity index (χ1n) is 7.89. The summed E-state index contributed by atoms with van der Waals surface area (Å²) in [5.74, 6) is -0.753. The van der Waals surface area contributed by atoms with Crippen molar-refractivity contribution in [1.82, 2.24) is 9.62 Å². The number of rotatable bonds is 6. The van der Waals surface area contributed by atoms with Gasteiger partial charge in [0, 0.05) is 32.2 Å². The van der Waals surface area contributed by atoms with Crippen molar-refractivity contribution in [1.29, 1.82) is 0 Å². The Labute approximate surface area is 142 Å². The molecule has 1 aromatic carbocycles. The Morgan fingerprint density at radius 2 is 1.92 bits per heavy atom. The summed E-state index contributed by atoms with van der Waals surface area (Å²) < 4.78 is 44.3. The highest BCUT2D eigenvalue weighted by Crippen LogP contribution is 2.24. The van der Waals surface area contributed by atoms with Crippen LogP contribution in [0.4, 0.5) is 4.39 Å². The van der Waals surface area contributed by atoms with E-state index in [-0.39, 0.29) is 35.9 Å². The van der Waals surface area contributed by atoms with E-state index in [2.05, 4.69) is 5.32 Å². The van der Waals surface area contributed by atoms with Crippen LogP contribution in [-0.2, 0) is 19.6 Å². The maximum absolute atomic E-state index is 13.0. The lowest BCUT2D eigenvalue weighted by Crippen LogP contribution is -2.45. The fraction of sp³-hybridized carbons (Fsp3) is 0.562. The summed E-state index contributed by atoms with van der Waals surface area (Å²) in [6, 6.07) is 4.70. The Morgan fingerprint density at radius 1 is 1.33 bits per heavy atom. The lowest BCUT2D eigenvalue weighted by Gasteiger charge is -2.31. The number of piperidine rings is 1. The minimum atomic E-state index is -3.64. The Hall–Kier alpha value is -1.51. The van der Waals surface area contributed by atoms with E-state index < -0.39 is 15.8 Å². The number of nitrogens with one attached hydrogen (secondary N) is 1. The SMILES string of the molecule is COCC(C)NC(=O)C1CCN(S(=O)(=O)c2ccc(F)cc2)CC1. The second-order valence-electron chi connectivity index (χ2n) is 6.00. The average Bonchev–Trinajstić information content (AvgIpc) is 2.55. The smallest absolute Gasteiger partial charge is 0.243 e. The standard InChI is InChI=1S/C16H23FN2O4S/c1-12(11-23-2)18-16(20)13-7-9-19(10-8-13)24(21,22)15-5-3-14(17)4-6-15/h3-6,12-13H,7-11H2,1-2H3,(H,18,20). The number of halogens is 1. The maximum atomic E-state index is 13.0. The molecule has 1 N–H and O–H groups in total. The molecule has 1 aliphatic heterocycles. The third-order valence-electron chi connectivity index (χ3n) is 4.08. The average molecular weight is 358 g/mol. The molecule has 0 aliphatic carbocycles. The van der Waals surface area contributed by atoms with Crippen LogP contribution < -0.4 is 5.32 Å². The largest absolute Gasteiger partial charge is 0.383 e. The molecule has 134 valence electrons. The first-order valence-corrected chi connectivity index (χ1v) is 9.33. The summed E-state index contributed by atoms with van der Waals surface area (Å²) in [4.78, 5) is 12.2. The third-order valence-corrected chi connectivity index (χ3v) is 5.99. The van der Waals surface area contributed by atoms with E-state index in [1.807, 2.05) is 6.92 Å². The van der Waals surface area contributed by atoms with Gasteiger partial charge in [0.15, 0.2) is 0 Å². The van der Waals surface area contributed by atoms with Crippen LogP contribution in [0.3, 0.4) is 0 Å². The zero-order valence-corrected chi connectivity index (χ0v) is 14.7. The van der Waals surface area contributed by atoms with Gasteiger partial charge in [-0.3, -0.25) is 4.79 Å². The van der Waals surface area contributed by atoms with E-state index in [0.29, 0.717) is 19.4 Å². The number of ether oxygens (including phenoxy) is 1. The van der Waals surface area contributed by atoms with Crippen LogP contribution in [-0.4, -0.2) is 51.5 Å². The van der Waals surface area contributed by atoms with Crippen LogP contribution >= 0.6 is 0 Å². The van der Waals surface area contributed by atoms with E-state index in [1.54, 1.807) is 7.11 Å². The van der Waals surface area contributed by atoms with E-state index in [1.165, 1.54) is 16.4 Å². The number of hydrogen-bond acceptors (Lipinski definition) is 4. The lowest BCUT2D eigenvalue weighted by atomic mass is 9.97. The Morgan fingerprint density at radius 3 is 2.46 bits per heavy atom. The van der Waals surface area contributed by atoms with Crippen molar-refractivity contribution in [3.05, 3.63) is 30.1 Å². The van der Waals surface area contributed by atoms with Crippen molar-refractivity contribution in [2.75, 3.05) is 26.8 Å². The van der Waals surface area contributed by atoms with Crippen molar-refractivity contribution >= 4 is 15.9 Å². The Kier molecular flexibility index (Phi) is 6.31. The molecule has 1 saturated heterocycles. The van der Waals surface area contributed by atoms with Crippen LogP contribution in [0.1, 0.15) is 19.8 Å². The molecule has 8 heteroatoms. The van der Waals surface area contributed by atoms with Gasteiger partial charge in [0.05, 0.1) is 11.5 Å². The summed E-state index contributed by atoms with van der Waals surface area (Å²) in [7, 11) is -2.07. The molecule has 1 unspecified atom stereocenters. The molecule has 1 aliphatic rings. The van der Waals surface area contributed by atoms with Crippen LogP contribution in [0.15, 0.2) is 29.2 Å². The second-order valence-corrected chi connectivity index (χ2v) is 7.94. The number of nitrogens with zero attached hydrogens (tertiary/aromatic N) is 1. The molecule has 1 heterocycles. The van der Waals surface area contributed by atoms with Crippen molar-refractivity contribution in [3.63, 3.8) is 0 Å². The summed E-state index contributed by atoms with van der Waals surface area (Å²) >= 11 is 0. The van der Waals surface area contributed by atoms with Gasteiger partial charge in [-0.25, -0.2) is 12.8 Å². The Bertz CT molecular complexity index is 655. The van der Waals surface area contributed by atoms with Gasteiger partial charge >= 0.3 is 0 Å². The van der Waals surface area contributed by atoms with Crippen LogP contribution in [0.5, 0.6) is 0 Å². The number of carbonyl (C=O) groups excluding carboxylic acids is 1. The van der Waals surface area contributed by atoms with Gasteiger partial charge in [-0.1, -0.05) is 0 Å². The molecule has 0 bridgehead atoms. The molecule has 0 saturated carbocycles. The molecule has 2 rings (SSSR count). The first kappa shape index (κ1) is 18.8. The van der Waals surface area contributed by atoms with Gasteiger partial charge in [0.1, 0.15) is 5.82 Å². The second kappa shape index (κ2) is 8.04. The highest BCUT2D eigenvalue weighted by atomic mass is 32.2. The van der Waals surface area contributed by atoms with Crippen LogP contribution in [0.2, 0.25) is 0 Å². The van der Waals surface area contributed by atoms with E-state index in [0.717, 1.165) is 12.1 Å². The molecule has 1 amide bonds. The molecule has 0 spiro atoms. The van der Waals surface area contributed by atoms with Gasteiger partial charge in [-0.15, -0.1) is 0 Å². The minimum absolute atomic E-state index is 0.0699. The fourth-order valence-corrected chi connectivity index (χ4v) is 4.24. The van der Waals surface area contributed by atoms with E-state index in [9.17, 15) is 17.6 Å². The van der Waals surface area contributed by atoms with Gasteiger partial charge in [0.25, 0.3) is 0 Å². The number of hydrogen-bond donors (Lipinski definition) is 1. The molecular weight excluding hydrogens is 335 g/mol. The topological polar surface area (TPSA) is 75.7 Å². The zero-order valence-electron chi connectivity index (χ0n) is 13.9. The predicted molar refractivity (Wildman–Crippen MR) is 87.4 cm³/mol. The number of benzene rings is 1. The first-order chi connectivity index (χ1) is 11.3. The monoisotopic (exact) mass is 358 g/mol. The fourth-order valence-electron chi connectivity index (χ4n) is 2.77. The summed E-state index contributed by atoms with van der Waals surface area (Å²) in [5.41, 5.74) is 0. The van der Waals surface area contributed by atoms with Crippen molar-refractivity contribution in [2.24, 2.45) is 5.92 Å². The highest BCUT2D eigenvalue weighted by molar-refractivity contribution is 7.89. The predicted octanol–water partition coefficient (Wildman–Crippen LogP) is 1.38. The van der Waals surface area contributed by atoms with Crippen LogP contribution in [0.25, 0.3) is 0 Å². The van der Waals surface area contributed by atoms with Crippen molar-refractivity contribution in [2.45, 2.75) is 30.7 Å². The molecular formula is C16H23FN2O4S. The normalized spacial score (nSPS) is 18.3. The van der Waals surface area contributed by atoms with Crippen molar-refractivity contribution < 1.29 is 22.3 Å². The number of amides is 1. The highest BCUT2D eigenvalue weighted by Gasteiger charge is 2.32. The molecule has 6 nitrogen and oxygen atoms in total. The zero-order chi connectivity index (χ0) is 17.7. The third kappa shape index (κ3) is 4.52. The molecule has 1 fully saturated rings. The quantitative estimate of drug-likeness (QED) is 0.834. The van der Waals surface area contributed by atoms with Gasteiger partial charge in [-0.05, 0) is 44.0 Å².